The zero-order valence-corrected chi connectivity index (χ0v) is 8.86. The fourth-order valence-corrected chi connectivity index (χ4v) is 1.32. The van der Waals surface area contributed by atoms with E-state index in [0.717, 1.165) is 19.4 Å². The van der Waals surface area contributed by atoms with Crippen LogP contribution in [-0.2, 0) is 14.3 Å². The van der Waals surface area contributed by atoms with Gasteiger partial charge >= 0.3 is 5.97 Å². The van der Waals surface area contributed by atoms with Gasteiger partial charge in [-0.05, 0) is 18.8 Å². The maximum atomic E-state index is 11.3. The molecule has 4 heteroatoms. The second-order valence-electron chi connectivity index (χ2n) is 4.03. The Kier molecular flexibility index (Phi) is 4.35. The summed E-state index contributed by atoms with van der Waals surface area (Å²) >= 11 is 0. The molecule has 1 heterocycles. The summed E-state index contributed by atoms with van der Waals surface area (Å²) in [5.74, 6) is -0.206. The summed E-state index contributed by atoms with van der Waals surface area (Å²) in [4.78, 5) is 11.3. The smallest absolute Gasteiger partial charge is 0.323 e. The zero-order valence-electron chi connectivity index (χ0n) is 8.86. The summed E-state index contributed by atoms with van der Waals surface area (Å²) in [5, 5.41) is 0. The molecule has 1 rings (SSSR count). The van der Waals surface area contributed by atoms with Crippen molar-refractivity contribution in [2.75, 3.05) is 13.2 Å². The molecule has 2 N–H and O–H groups in total. The summed E-state index contributed by atoms with van der Waals surface area (Å²) in [7, 11) is 0. The molecular weight excluding hydrogens is 182 g/mol. The molecule has 0 spiro atoms. The number of ether oxygens (including phenoxy) is 2. The van der Waals surface area contributed by atoms with Gasteiger partial charge in [0.05, 0.1) is 6.10 Å². The summed E-state index contributed by atoms with van der Waals surface area (Å²) in [6.07, 6.45) is 2.11. The van der Waals surface area contributed by atoms with Crippen molar-refractivity contribution >= 4 is 5.97 Å². The van der Waals surface area contributed by atoms with Crippen LogP contribution in [0.4, 0.5) is 0 Å². The SMILES string of the molecule is CC(C)C(N)C(=O)OCC1CCCO1. The van der Waals surface area contributed by atoms with Crippen LogP contribution in [0.1, 0.15) is 26.7 Å². The standard InChI is InChI=1S/C10H19NO3/c1-7(2)9(11)10(12)14-6-8-4-3-5-13-8/h7-9H,3-6,11H2,1-2H3. The highest BCUT2D eigenvalue weighted by Gasteiger charge is 2.22. The van der Waals surface area contributed by atoms with E-state index in [1.54, 1.807) is 0 Å². The van der Waals surface area contributed by atoms with E-state index in [1.165, 1.54) is 0 Å². The lowest BCUT2D eigenvalue weighted by Gasteiger charge is -2.16. The van der Waals surface area contributed by atoms with Gasteiger partial charge in [0, 0.05) is 6.61 Å². The van der Waals surface area contributed by atoms with Crippen molar-refractivity contribution in [3.05, 3.63) is 0 Å². The summed E-state index contributed by atoms with van der Waals surface area (Å²) < 4.78 is 10.4. The summed E-state index contributed by atoms with van der Waals surface area (Å²) in [5.41, 5.74) is 5.63. The molecule has 2 unspecified atom stereocenters. The van der Waals surface area contributed by atoms with Crippen molar-refractivity contribution in [3.63, 3.8) is 0 Å². The Morgan fingerprint density at radius 1 is 1.64 bits per heavy atom. The van der Waals surface area contributed by atoms with Crippen LogP contribution in [0.5, 0.6) is 0 Å². The Hall–Kier alpha value is -0.610. The normalized spacial score (nSPS) is 23.9. The molecule has 0 aromatic carbocycles. The molecule has 4 nitrogen and oxygen atoms in total. The number of esters is 1. The van der Waals surface area contributed by atoms with Gasteiger partial charge in [-0.2, -0.15) is 0 Å². The zero-order chi connectivity index (χ0) is 10.6. The van der Waals surface area contributed by atoms with E-state index in [9.17, 15) is 4.79 Å². The lowest BCUT2D eigenvalue weighted by molar-refractivity contribution is -0.149. The predicted molar refractivity (Wildman–Crippen MR) is 52.7 cm³/mol. The minimum absolute atomic E-state index is 0.0818. The minimum Gasteiger partial charge on any atom is -0.462 e. The molecule has 0 aromatic rings. The molecule has 1 aliphatic heterocycles. The van der Waals surface area contributed by atoms with E-state index in [4.69, 9.17) is 15.2 Å². The molecular formula is C10H19NO3. The van der Waals surface area contributed by atoms with Gasteiger partial charge < -0.3 is 15.2 Å². The minimum atomic E-state index is -0.517. The molecule has 0 aliphatic carbocycles. The van der Waals surface area contributed by atoms with Gasteiger partial charge in [-0.15, -0.1) is 0 Å². The average Bonchev–Trinajstić information content (AvgIpc) is 2.65. The van der Waals surface area contributed by atoms with Gasteiger partial charge in [0.25, 0.3) is 0 Å². The van der Waals surface area contributed by atoms with E-state index in [1.807, 2.05) is 13.8 Å². The van der Waals surface area contributed by atoms with E-state index in [0.29, 0.717) is 6.61 Å². The molecule has 0 amide bonds. The van der Waals surface area contributed by atoms with Gasteiger partial charge in [0.15, 0.2) is 0 Å². The Balaban J connectivity index is 2.19. The lowest BCUT2D eigenvalue weighted by atomic mass is 10.1. The highest BCUT2D eigenvalue weighted by atomic mass is 16.6. The van der Waals surface area contributed by atoms with Gasteiger partial charge in [-0.25, -0.2) is 0 Å². The molecule has 0 aromatic heterocycles. The summed E-state index contributed by atoms with van der Waals surface area (Å²) in [6, 6.07) is -0.517. The van der Waals surface area contributed by atoms with Gasteiger partial charge in [0.2, 0.25) is 0 Å². The van der Waals surface area contributed by atoms with E-state index in [-0.39, 0.29) is 18.0 Å². The number of hydrogen-bond acceptors (Lipinski definition) is 4. The van der Waals surface area contributed by atoms with Crippen molar-refractivity contribution in [3.8, 4) is 0 Å². The van der Waals surface area contributed by atoms with E-state index < -0.39 is 6.04 Å². The summed E-state index contributed by atoms with van der Waals surface area (Å²) in [6.45, 7) is 4.92. The van der Waals surface area contributed by atoms with Crippen LogP contribution in [0.2, 0.25) is 0 Å². The third-order valence-electron chi connectivity index (χ3n) is 2.43. The topological polar surface area (TPSA) is 61.6 Å². The average molecular weight is 201 g/mol. The largest absolute Gasteiger partial charge is 0.462 e. The first-order valence-electron chi connectivity index (χ1n) is 5.15. The van der Waals surface area contributed by atoms with Crippen molar-refractivity contribution in [1.29, 1.82) is 0 Å². The third kappa shape index (κ3) is 3.27. The molecule has 1 aliphatic rings. The fraction of sp³-hybridized carbons (Fsp3) is 0.900. The van der Waals surface area contributed by atoms with Crippen LogP contribution in [0, 0.1) is 5.92 Å². The maximum Gasteiger partial charge on any atom is 0.323 e. The number of carbonyl (C=O) groups is 1. The molecule has 2 atom stereocenters. The van der Waals surface area contributed by atoms with Gasteiger partial charge in [-0.1, -0.05) is 13.8 Å². The first kappa shape index (κ1) is 11.5. The van der Waals surface area contributed by atoms with Crippen molar-refractivity contribution in [2.24, 2.45) is 11.7 Å². The van der Waals surface area contributed by atoms with Crippen LogP contribution >= 0.6 is 0 Å². The van der Waals surface area contributed by atoms with Gasteiger partial charge in [-0.3, -0.25) is 4.79 Å². The van der Waals surface area contributed by atoms with E-state index in [2.05, 4.69) is 0 Å². The number of carbonyl (C=O) groups excluding carboxylic acids is 1. The first-order chi connectivity index (χ1) is 6.61. The highest BCUT2D eigenvalue weighted by Crippen LogP contribution is 2.12. The molecule has 82 valence electrons. The first-order valence-corrected chi connectivity index (χ1v) is 5.15. The third-order valence-corrected chi connectivity index (χ3v) is 2.43. The second kappa shape index (κ2) is 5.32. The number of hydrogen-bond donors (Lipinski definition) is 1. The fourth-order valence-electron chi connectivity index (χ4n) is 1.32. The van der Waals surface area contributed by atoms with Crippen molar-refractivity contribution in [2.45, 2.75) is 38.8 Å². The quantitative estimate of drug-likeness (QED) is 0.680. The molecule has 0 bridgehead atoms. The molecule has 14 heavy (non-hydrogen) atoms. The second-order valence-corrected chi connectivity index (χ2v) is 4.03. The van der Waals surface area contributed by atoms with Crippen LogP contribution in [0.15, 0.2) is 0 Å². The highest BCUT2D eigenvalue weighted by molar-refractivity contribution is 5.75. The van der Waals surface area contributed by atoms with Crippen LogP contribution in [0.25, 0.3) is 0 Å². The Labute approximate surface area is 84.7 Å². The maximum absolute atomic E-state index is 11.3. The monoisotopic (exact) mass is 201 g/mol. The van der Waals surface area contributed by atoms with E-state index >= 15 is 0 Å². The lowest BCUT2D eigenvalue weighted by Crippen LogP contribution is -2.38. The molecule has 0 radical (unpaired) electrons. The van der Waals surface area contributed by atoms with Crippen LogP contribution in [0.3, 0.4) is 0 Å². The molecule has 1 saturated heterocycles. The van der Waals surface area contributed by atoms with Crippen LogP contribution < -0.4 is 5.73 Å². The van der Waals surface area contributed by atoms with Gasteiger partial charge in [0.1, 0.15) is 12.6 Å². The van der Waals surface area contributed by atoms with Crippen molar-refractivity contribution < 1.29 is 14.3 Å². The van der Waals surface area contributed by atoms with Crippen molar-refractivity contribution in [1.82, 2.24) is 0 Å². The van der Waals surface area contributed by atoms with Crippen LogP contribution in [-0.4, -0.2) is 31.3 Å². The molecule has 1 fully saturated rings. The Bertz CT molecular complexity index is 188. The number of rotatable bonds is 4. The molecule has 0 saturated carbocycles. The number of nitrogens with two attached hydrogens (primary N) is 1. The predicted octanol–water partition coefficient (Wildman–Crippen LogP) is 0.692. The Morgan fingerprint density at radius 3 is 2.86 bits per heavy atom. The Morgan fingerprint density at radius 2 is 2.36 bits per heavy atom.